The van der Waals surface area contributed by atoms with E-state index in [1.807, 2.05) is 7.05 Å². The van der Waals surface area contributed by atoms with Crippen molar-refractivity contribution in [3.05, 3.63) is 35.4 Å². The molecule has 1 aromatic carbocycles. The summed E-state index contributed by atoms with van der Waals surface area (Å²) in [6.45, 7) is 2.98. The predicted octanol–water partition coefficient (Wildman–Crippen LogP) is 2.05. The van der Waals surface area contributed by atoms with Gasteiger partial charge in [-0.3, -0.25) is 4.90 Å². The van der Waals surface area contributed by atoms with Gasteiger partial charge in [-0.15, -0.1) is 0 Å². The first-order valence-corrected chi connectivity index (χ1v) is 6.69. The minimum atomic E-state index is 0.550. The van der Waals surface area contributed by atoms with Gasteiger partial charge in [-0.25, -0.2) is 0 Å². The molecule has 1 fully saturated rings. The molecule has 0 aliphatic carbocycles. The van der Waals surface area contributed by atoms with Crippen LogP contribution in [0.4, 0.5) is 0 Å². The van der Waals surface area contributed by atoms with Gasteiger partial charge in [0, 0.05) is 13.2 Å². The zero-order chi connectivity index (χ0) is 13.0. The summed E-state index contributed by atoms with van der Waals surface area (Å²) in [6.07, 6.45) is 1.28. The predicted molar refractivity (Wildman–Crippen MR) is 74.6 cm³/mol. The van der Waals surface area contributed by atoms with Crippen LogP contribution in [0.5, 0.6) is 0 Å². The molecule has 18 heavy (non-hydrogen) atoms. The van der Waals surface area contributed by atoms with Gasteiger partial charge in [-0.2, -0.15) is 0 Å². The Morgan fingerprint density at radius 1 is 1.33 bits per heavy atom. The smallest absolute Gasteiger partial charge is 0.0713 e. The van der Waals surface area contributed by atoms with Crippen molar-refractivity contribution >= 4 is 0 Å². The number of hydrogen-bond donors (Lipinski definition) is 1. The number of benzene rings is 1. The topological polar surface area (TPSA) is 24.5 Å². The van der Waals surface area contributed by atoms with Crippen molar-refractivity contribution in [2.24, 2.45) is 5.92 Å². The van der Waals surface area contributed by atoms with Crippen LogP contribution in [-0.4, -0.2) is 39.2 Å². The molecule has 1 N–H and O–H groups in total. The van der Waals surface area contributed by atoms with E-state index in [0.717, 1.165) is 6.54 Å². The summed E-state index contributed by atoms with van der Waals surface area (Å²) in [6, 6.07) is 9.42. The molecule has 1 aliphatic heterocycles. The Morgan fingerprint density at radius 2 is 2.06 bits per heavy atom. The fourth-order valence-electron chi connectivity index (χ4n) is 3.01. The number of nitrogens with zero attached hydrogens (tertiary/aromatic N) is 1. The minimum Gasteiger partial charge on any atom is -0.380 e. The van der Waals surface area contributed by atoms with E-state index in [2.05, 4.69) is 41.5 Å². The third-order valence-electron chi connectivity index (χ3n) is 3.87. The molecular weight excluding hydrogens is 224 g/mol. The molecule has 100 valence electrons. The van der Waals surface area contributed by atoms with E-state index in [9.17, 15) is 0 Å². The molecule has 0 amide bonds. The van der Waals surface area contributed by atoms with Crippen molar-refractivity contribution < 1.29 is 4.74 Å². The van der Waals surface area contributed by atoms with E-state index in [1.165, 1.54) is 24.1 Å². The Hall–Kier alpha value is -0.900. The van der Waals surface area contributed by atoms with Crippen molar-refractivity contribution in [2.75, 3.05) is 34.3 Å². The molecule has 0 bridgehead atoms. The number of methoxy groups -OCH3 is 1. The number of ether oxygens (including phenoxy) is 1. The van der Waals surface area contributed by atoms with Crippen LogP contribution in [0.3, 0.4) is 0 Å². The molecular formula is C15H24N2O. The van der Waals surface area contributed by atoms with Crippen LogP contribution in [0, 0.1) is 5.92 Å². The van der Waals surface area contributed by atoms with Crippen LogP contribution >= 0.6 is 0 Å². The van der Waals surface area contributed by atoms with Gasteiger partial charge >= 0.3 is 0 Å². The van der Waals surface area contributed by atoms with Gasteiger partial charge < -0.3 is 10.1 Å². The molecule has 1 aliphatic rings. The molecule has 1 heterocycles. The first-order chi connectivity index (χ1) is 8.76. The molecule has 3 nitrogen and oxygen atoms in total. The fourth-order valence-corrected chi connectivity index (χ4v) is 3.01. The molecule has 0 radical (unpaired) electrons. The number of nitrogens with one attached hydrogen (secondary N) is 1. The van der Waals surface area contributed by atoms with Gasteiger partial charge in [0.25, 0.3) is 0 Å². The van der Waals surface area contributed by atoms with Crippen LogP contribution in [0.15, 0.2) is 24.3 Å². The molecule has 0 aromatic heterocycles. The zero-order valence-corrected chi connectivity index (χ0v) is 11.6. The lowest BCUT2D eigenvalue weighted by Crippen LogP contribution is -2.26. The van der Waals surface area contributed by atoms with Crippen molar-refractivity contribution in [3.8, 4) is 0 Å². The van der Waals surface area contributed by atoms with Crippen LogP contribution in [0.1, 0.15) is 23.6 Å². The fraction of sp³-hybridized carbons (Fsp3) is 0.600. The highest BCUT2D eigenvalue weighted by Crippen LogP contribution is 2.35. The molecule has 2 unspecified atom stereocenters. The standard InChI is InChI=1S/C15H24N2O/c1-16-10-14-8-9-17(2)15(14)13-6-4-12(5-7-13)11-18-3/h4-7,14-16H,8-11H2,1-3H3. The van der Waals surface area contributed by atoms with E-state index in [0.29, 0.717) is 18.6 Å². The zero-order valence-electron chi connectivity index (χ0n) is 11.6. The average Bonchev–Trinajstić information content (AvgIpc) is 2.73. The Kier molecular flexibility index (Phi) is 4.75. The van der Waals surface area contributed by atoms with Gasteiger partial charge in [0.05, 0.1) is 6.61 Å². The third kappa shape index (κ3) is 2.91. The van der Waals surface area contributed by atoms with Crippen LogP contribution in [0.25, 0.3) is 0 Å². The maximum absolute atomic E-state index is 5.15. The summed E-state index contributed by atoms with van der Waals surface area (Å²) in [5, 5.41) is 3.31. The lowest BCUT2D eigenvalue weighted by molar-refractivity contribution is 0.185. The average molecular weight is 248 g/mol. The van der Waals surface area contributed by atoms with Gasteiger partial charge in [-0.05, 0) is 50.7 Å². The molecule has 0 saturated carbocycles. The second kappa shape index (κ2) is 6.32. The lowest BCUT2D eigenvalue weighted by atomic mass is 9.93. The van der Waals surface area contributed by atoms with E-state index >= 15 is 0 Å². The Balaban J connectivity index is 2.12. The summed E-state index contributed by atoms with van der Waals surface area (Å²) in [5.74, 6) is 0.716. The van der Waals surface area contributed by atoms with Gasteiger partial charge in [-0.1, -0.05) is 24.3 Å². The van der Waals surface area contributed by atoms with E-state index in [1.54, 1.807) is 7.11 Å². The molecule has 2 rings (SSSR count). The maximum atomic E-state index is 5.15. The van der Waals surface area contributed by atoms with Gasteiger partial charge in [0.15, 0.2) is 0 Å². The third-order valence-corrected chi connectivity index (χ3v) is 3.87. The van der Waals surface area contributed by atoms with Crippen molar-refractivity contribution in [1.29, 1.82) is 0 Å². The summed E-state index contributed by atoms with van der Waals surface area (Å²) in [4.78, 5) is 2.47. The second-order valence-corrected chi connectivity index (χ2v) is 5.21. The summed E-state index contributed by atoms with van der Waals surface area (Å²) >= 11 is 0. The highest BCUT2D eigenvalue weighted by molar-refractivity contribution is 5.26. The SMILES string of the molecule is CNCC1CCN(C)C1c1ccc(COC)cc1. The molecule has 1 saturated heterocycles. The second-order valence-electron chi connectivity index (χ2n) is 5.21. The Labute approximate surface area is 110 Å². The molecule has 0 spiro atoms. The first kappa shape index (κ1) is 13.5. The van der Waals surface area contributed by atoms with Crippen LogP contribution in [0.2, 0.25) is 0 Å². The van der Waals surface area contributed by atoms with Crippen LogP contribution < -0.4 is 5.32 Å². The van der Waals surface area contributed by atoms with Crippen LogP contribution in [-0.2, 0) is 11.3 Å². The quantitative estimate of drug-likeness (QED) is 0.863. The van der Waals surface area contributed by atoms with Gasteiger partial charge in [0.1, 0.15) is 0 Å². The highest BCUT2D eigenvalue weighted by Gasteiger charge is 2.32. The van der Waals surface area contributed by atoms with E-state index in [4.69, 9.17) is 4.74 Å². The largest absolute Gasteiger partial charge is 0.380 e. The minimum absolute atomic E-state index is 0.550. The van der Waals surface area contributed by atoms with Crippen molar-refractivity contribution in [3.63, 3.8) is 0 Å². The molecule has 3 heteroatoms. The Bertz CT molecular complexity index is 361. The maximum Gasteiger partial charge on any atom is 0.0713 e. The van der Waals surface area contributed by atoms with Crippen molar-refractivity contribution in [1.82, 2.24) is 10.2 Å². The number of hydrogen-bond acceptors (Lipinski definition) is 3. The monoisotopic (exact) mass is 248 g/mol. The molecule has 1 aromatic rings. The van der Waals surface area contributed by atoms with E-state index < -0.39 is 0 Å². The van der Waals surface area contributed by atoms with Gasteiger partial charge in [0.2, 0.25) is 0 Å². The molecule has 2 atom stereocenters. The van der Waals surface area contributed by atoms with Crippen molar-refractivity contribution in [2.45, 2.75) is 19.1 Å². The number of rotatable bonds is 5. The normalized spacial score (nSPS) is 24.6. The summed E-state index contributed by atoms with van der Waals surface area (Å²) < 4.78 is 5.15. The number of likely N-dealkylation sites (tertiary alicyclic amines) is 1. The summed E-state index contributed by atoms with van der Waals surface area (Å²) in [5.41, 5.74) is 2.67. The lowest BCUT2D eigenvalue weighted by Gasteiger charge is -2.25. The summed E-state index contributed by atoms with van der Waals surface area (Å²) in [7, 11) is 6.00. The van der Waals surface area contributed by atoms with E-state index in [-0.39, 0.29) is 0 Å². The Morgan fingerprint density at radius 3 is 2.67 bits per heavy atom. The first-order valence-electron chi connectivity index (χ1n) is 6.69. The highest BCUT2D eigenvalue weighted by atomic mass is 16.5.